The molecule has 0 atom stereocenters. The molecule has 0 aliphatic heterocycles. The smallest absolute Gasteiger partial charge is 0.454 e. The van der Waals surface area contributed by atoms with Crippen molar-refractivity contribution in [3.8, 4) is 22.8 Å². The van der Waals surface area contributed by atoms with Crippen LogP contribution in [0.2, 0.25) is 0 Å². The van der Waals surface area contributed by atoms with Gasteiger partial charge in [0.15, 0.2) is 5.58 Å². The molecule has 0 saturated heterocycles. The van der Waals surface area contributed by atoms with E-state index in [0.717, 1.165) is 49.9 Å². The molecule has 8 rings (SSSR count). The largest absolute Gasteiger partial charge is 2.00 e. The summed E-state index contributed by atoms with van der Waals surface area (Å²) in [7, 11) is 0. The molecule has 0 saturated carbocycles. The molecule has 172 valence electrons. The van der Waals surface area contributed by atoms with Crippen LogP contribution in [-0.4, -0.2) is 19.9 Å². The summed E-state index contributed by atoms with van der Waals surface area (Å²) in [6.07, 6.45) is 10.4. The molecule has 0 unspecified atom stereocenters. The fourth-order valence-corrected chi connectivity index (χ4v) is 5.50. The minimum absolute atomic E-state index is 0. The van der Waals surface area contributed by atoms with Crippen molar-refractivity contribution in [3.63, 3.8) is 0 Å². The minimum Gasteiger partial charge on any atom is -0.454 e. The summed E-state index contributed by atoms with van der Waals surface area (Å²) in [4.78, 5) is 25.9. The van der Waals surface area contributed by atoms with Gasteiger partial charge >= 0.3 is 19.5 Å². The van der Waals surface area contributed by atoms with Crippen LogP contribution in [0.25, 0.3) is 65.1 Å². The Kier molecular flexibility index (Phi) is 6.08. The molecular formula is C28H16N6OSZn. The van der Waals surface area contributed by atoms with Gasteiger partial charge < -0.3 is 24.4 Å². The summed E-state index contributed by atoms with van der Waals surface area (Å²) in [6.45, 7) is 0. The zero-order valence-corrected chi connectivity index (χ0v) is 23.2. The molecule has 0 aliphatic carbocycles. The van der Waals surface area contributed by atoms with Gasteiger partial charge in [-0.2, -0.15) is 0 Å². The summed E-state index contributed by atoms with van der Waals surface area (Å²) < 4.78 is 8.20. The Balaban J connectivity index is 0.000000133. The van der Waals surface area contributed by atoms with Crippen molar-refractivity contribution in [2.45, 2.75) is 0 Å². The summed E-state index contributed by atoms with van der Waals surface area (Å²) in [5, 5.41) is 2.13. The van der Waals surface area contributed by atoms with Gasteiger partial charge in [0.05, 0.1) is 15.6 Å². The molecule has 2 aromatic carbocycles. The van der Waals surface area contributed by atoms with Crippen LogP contribution in [0.4, 0.5) is 0 Å². The van der Waals surface area contributed by atoms with E-state index in [-0.39, 0.29) is 19.5 Å². The average molecular weight is 550 g/mol. The zero-order valence-electron chi connectivity index (χ0n) is 19.4. The molecule has 37 heavy (non-hydrogen) atoms. The number of imidazole rings is 2. The van der Waals surface area contributed by atoms with E-state index in [4.69, 9.17) is 4.42 Å². The molecule has 7 nitrogen and oxygen atoms in total. The molecule has 9 heteroatoms. The Morgan fingerprint density at radius 1 is 0.568 bits per heavy atom. The molecule has 0 radical (unpaired) electrons. The molecule has 0 aliphatic rings. The topological polar surface area (TPSA) is 92.9 Å². The first-order valence-electron chi connectivity index (χ1n) is 11.3. The van der Waals surface area contributed by atoms with Crippen molar-refractivity contribution in [1.29, 1.82) is 0 Å². The zero-order chi connectivity index (χ0) is 23.9. The Bertz CT molecular complexity index is 1810. The number of nitrogens with zero attached hydrogens (tertiary/aromatic N) is 6. The van der Waals surface area contributed by atoms with Crippen molar-refractivity contribution >= 4 is 53.7 Å². The quantitative estimate of drug-likeness (QED) is 0.228. The van der Waals surface area contributed by atoms with E-state index >= 15 is 0 Å². The first-order chi connectivity index (χ1) is 17.9. The second-order valence-electron chi connectivity index (χ2n) is 8.02. The van der Waals surface area contributed by atoms with E-state index in [0.29, 0.717) is 5.82 Å². The SMILES string of the molecule is [Zn+2].c1cnc2c(c1)oc1cccc(-c3ncc[n-]3)c12.c1cnc2c(c1)sc1cccc(-c3ncc[n-]3)c12. The number of hydrogen-bond donors (Lipinski definition) is 0. The van der Waals surface area contributed by atoms with E-state index in [9.17, 15) is 0 Å². The maximum atomic E-state index is 5.77. The first kappa shape index (κ1) is 23.2. The molecule has 0 amide bonds. The molecule has 0 bridgehead atoms. The first-order valence-corrected chi connectivity index (χ1v) is 12.1. The number of pyridine rings is 2. The fourth-order valence-electron chi connectivity index (χ4n) is 4.41. The Hall–Kier alpha value is -4.20. The number of thiophene rings is 1. The van der Waals surface area contributed by atoms with Gasteiger partial charge in [-0.1, -0.05) is 60.7 Å². The Labute approximate surface area is 227 Å². The van der Waals surface area contributed by atoms with Crippen LogP contribution in [0.1, 0.15) is 0 Å². The van der Waals surface area contributed by atoms with Crippen LogP contribution >= 0.6 is 11.3 Å². The number of furan rings is 1. The summed E-state index contributed by atoms with van der Waals surface area (Å²) in [5.74, 6) is 1.47. The number of fused-ring (bicyclic) bond motifs is 6. The summed E-state index contributed by atoms with van der Waals surface area (Å²) in [6, 6.07) is 19.9. The number of rotatable bonds is 2. The van der Waals surface area contributed by atoms with Crippen molar-refractivity contribution in [2.24, 2.45) is 0 Å². The Morgan fingerprint density at radius 3 is 1.92 bits per heavy atom. The van der Waals surface area contributed by atoms with E-state index in [2.05, 4.69) is 48.1 Å². The monoisotopic (exact) mass is 548 g/mol. The maximum Gasteiger partial charge on any atom is 2.00 e. The Morgan fingerprint density at radius 2 is 1.19 bits per heavy atom. The third-order valence-electron chi connectivity index (χ3n) is 5.91. The molecule has 6 heterocycles. The van der Waals surface area contributed by atoms with Gasteiger partial charge in [0.2, 0.25) is 0 Å². The van der Waals surface area contributed by atoms with Gasteiger partial charge in [-0.15, -0.1) is 11.3 Å². The summed E-state index contributed by atoms with van der Waals surface area (Å²) >= 11 is 1.76. The predicted molar refractivity (Wildman–Crippen MR) is 142 cm³/mol. The second kappa shape index (κ2) is 9.69. The third-order valence-corrected chi connectivity index (χ3v) is 7.02. The van der Waals surface area contributed by atoms with Gasteiger partial charge in [0.1, 0.15) is 11.1 Å². The summed E-state index contributed by atoms with van der Waals surface area (Å²) in [5.41, 5.74) is 5.50. The standard InChI is InChI=1S/C14H8N3O.C14H8N3S.Zn/c2*1-3-9(14-16-7-8-17-14)12-10(4-1)18-11-5-2-6-15-13(11)12;/h2*1-8H;/q2*-1;+2. The van der Waals surface area contributed by atoms with Crippen LogP contribution in [-0.2, 0) is 19.5 Å². The van der Waals surface area contributed by atoms with Gasteiger partial charge in [-0.25, -0.2) is 0 Å². The van der Waals surface area contributed by atoms with Gasteiger partial charge in [0, 0.05) is 22.5 Å². The fraction of sp³-hybridized carbons (Fsp3) is 0. The van der Waals surface area contributed by atoms with Crippen LogP contribution in [0.3, 0.4) is 0 Å². The normalized spacial score (nSPS) is 11.0. The second-order valence-corrected chi connectivity index (χ2v) is 9.11. The van der Waals surface area contributed by atoms with Crippen LogP contribution in [0, 0.1) is 0 Å². The van der Waals surface area contributed by atoms with Crippen LogP contribution < -0.4 is 9.97 Å². The van der Waals surface area contributed by atoms with Crippen LogP contribution in [0.15, 0.2) is 102 Å². The van der Waals surface area contributed by atoms with E-state index in [1.165, 1.54) is 9.40 Å². The van der Waals surface area contributed by atoms with Crippen molar-refractivity contribution in [2.75, 3.05) is 0 Å². The molecule has 0 spiro atoms. The number of aromatic nitrogens is 6. The van der Waals surface area contributed by atoms with Crippen molar-refractivity contribution in [3.05, 3.63) is 97.8 Å². The van der Waals surface area contributed by atoms with E-state index in [1.54, 1.807) is 42.3 Å². The van der Waals surface area contributed by atoms with Crippen molar-refractivity contribution in [1.82, 2.24) is 29.9 Å². The maximum absolute atomic E-state index is 5.77. The molecule has 6 aromatic heterocycles. The molecule has 0 fully saturated rings. The van der Waals surface area contributed by atoms with Gasteiger partial charge in [0.25, 0.3) is 0 Å². The third kappa shape index (κ3) is 4.02. The van der Waals surface area contributed by atoms with E-state index in [1.807, 2.05) is 48.7 Å². The predicted octanol–water partition coefficient (Wildman–Crippen LogP) is 6.47. The van der Waals surface area contributed by atoms with Crippen molar-refractivity contribution < 1.29 is 23.9 Å². The molecule has 0 N–H and O–H groups in total. The van der Waals surface area contributed by atoms with Gasteiger partial charge in [-0.05, 0) is 47.5 Å². The van der Waals surface area contributed by atoms with E-state index < -0.39 is 0 Å². The van der Waals surface area contributed by atoms with Crippen LogP contribution in [0.5, 0.6) is 0 Å². The average Bonchev–Trinajstić information content (AvgIpc) is 3.73. The molecule has 8 aromatic rings. The minimum atomic E-state index is 0. The van der Waals surface area contributed by atoms with Gasteiger partial charge in [-0.3, -0.25) is 9.97 Å². The molecular weight excluding hydrogens is 534 g/mol. The number of benzene rings is 2. The number of hydrogen-bond acceptors (Lipinski definition) is 6.